The van der Waals surface area contributed by atoms with E-state index in [1.807, 2.05) is 24.1 Å². The van der Waals surface area contributed by atoms with E-state index in [9.17, 15) is 5.11 Å². The van der Waals surface area contributed by atoms with E-state index in [1.54, 1.807) is 0 Å². The summed E-state index contributed by atoms with van der Waals surface area (Å²) < 4.78 is 1.83. The number of rotatable bonds is 5. The molecule has 0 aromatic carbocycles. The lowest BCUT2D eigenvalue weighted by Crippen LogP contribution is -2.39. The fourth-order valence-electron chi connectivity index (χ4n) is 2.84. The number of aliphatic hydroxyl groups is 1. The van der Waals surface area contributed by atoms with Gasteiger partial charge in [0.2, 0.25) is 0 Å². The van der Waals surface area contributed by atoms with Gasteiger partial charge in [0, 0.05) is 43.4 Å². The van der Waals surface area contributed by atoms with Crippen molar-refractivity contribution in [1.29, 1.82) is 0 Å². The smallest absolute Gasteiger partial charge is 0.0537 e. The highest BCUT2D eigenvalue weighted by Crippen LogP contribution is 2.35. The van der Waals surface area contributed by atoms with Crippen LogP contribution in [0.5, 0.6) is 0 Å². The molecule has 0 bridgehead atoms. The average molecular weight is 251 g/mol. The quantitative estimate of drug-likeness (QED) is 0.841. The van der Waals surface area contributed by atoms with Crippen LogP contribution in [0.15, 0.2) is 12.4 Å². The Labute approximate surface area is 109 Å². The highest BCUT2D eigenvalue weighted by molar-refractivity contribution is 5.09. The Morgan fingerprint density at radius 3 is 2.72 bits per heavy atom. The van der Waals surface area contributed by atoms with Crippen LogP contribution in [0.3, 0.4) is 0 Å². The van der Waals surface area contributed by atoms with Crippen molar-refractivity contribution in [3.63, 3.8) is 0 Å². The molecular formula is C14H25N3O. The summed E-state index contributed by atoms with van der Waals surface area (Å²) in [6.45, 7) is 3.37. The molecule has 1 aliphatic rings. The van der Waals surface area contributed by atoms with E-state index in [0.29, 0.717) is 12.6 Å². The first-order valence-electron chi connectivity index (χ1n) is 6.98. The van der Waals surface area contributed by atoms with E-state index in [2.05, 4.69) is 17.3 Å². The van der Waals surface area contributed by atoms with Crippen molar-refractivity contribution in [2.75, 3.05) is 13.2 Å². The summed E-state index contributed by atoms with van der Waals surface area (Å²) >= 11 is 0. The molecule has 2 N–H and O–H groups in total. The molecule has 4 nitrogen and oxygen atoms in total. The topological polar surface area (TPSA) is 50.1 Å². The Morgan fingerprint density at radius 2 is 2.17 bits per heavy atom. The van der Waals surface area contributed by atoms with Crippen molar-refractivity contribution >= 4 is 0 Å². The highest BCUT2D eigenvalue weighted by Gasteiger charge is 2.31. The summed E-state index contributed by atoms with van der Waals surface area (Å²) in [7, 11) is 1.94. The molecule has 102 valence electrons. The van der Waals surface area contributed by atoms with Gasteiger partial charge in [0.25, 0.3) is 0 Å². The second-order valence-electron chi connectivity index (χ2n) is 5.77. The Hall–Kier alpha value is -0.870. The van der Waals surface area contributed by atoms with Crippen molar-refractivity contribution in [3.05, 3.63) is 18.0 Å². The number of hydrogen-bond acceptors (Lipinski definition) is 3. The zero-order valence-electron chi connectivity index (χ0n) is 11.5. The van der Waals surface area contributed by atoms with E-state index < -0.39 is 0 Å². The van der Waals surface area contributed by atoms with Crippen LogP contribution in [0, 0.1) is 5.41 Å². The number of hydrogen-bond donors (Lipinski definition) is 2. The average Bonchev–Trinajstić information content (AvgIpc) is 2.84. The first-order chi connectivity index (χ1) is 8.65. The summed E-state index contributed by atoms with van der Waals surface area (Å²) in [6.07, 6.45) is 10.1. The molecule has 1 saturated carbocycles. The van der Waals surface area contributed by atoms with Gasteiger partial charge in [-0.3, -0.25) is 4.68 Å². The first kappa shape index (κ1) is 13.6. The highest BCUT2D eigenvalue weighted by atomic mass is 16.3. The van der Waals surface area contributed by atoms with E-state index >= 15 is 0 Å². The van der Waals surface area contributed by atoms with E-state index in [4.69, 9.17) is 0 Å². The Kier molecular flexibility index (Phi) is 4.40. The fourth-order valence-corrected chi connectivity index (χ4v) is 2.84. The monoisotopic (exact) mass is 251 g/mol. The molecule has 1 aliphatic carbocycles. The second-order valence-corrected chi connectivity index (χ2v) is 5.77. The lowest BCUT2D eigenvalue weighted by Gasteiger charge is -2.36. The van der Waals surface area contributed by atoms with Gasteiger partial charge in [-0.15, -0.1) is 0 Å². The minimum atomic E-state index is 0.106. The second kappa shape index (κ2) is 5.85. The zero-order chi connectivity index (χ0) is 13.0. The standard InChI is InChI=1S/C14H25N3O/c1-12(13-8-16-17(2)9-13)15-10-14(11-18)6-4-3-5-7-14/h8-9,12,15,18H,3-7,10-11H2,1-2H3. The van der Waals surface area contributed by atoms with Gasteiger partial charge in [-0.05, 0) is 19.8 Å². The van der Waals surface area contributed by atoms with Crippen molar-refractivity contribution in [2.45, 2.75) is 45.1 Å². The summed E-state index contributed by atoms with van der Waals surface area (Å²) in [6, 6.07) is 0.295. The van der Waals surface area contributed by atoms with Crippen LogP contribution in [0.4, 0.5) is 0 Å². The molecule has 4 heteroatoms. The van der Waals surface area contributed by atoms with Gasteiger partial charge in [-0.2, -0.15) is 5.10 Å². The van der Waals surface area contributed by atoms with Gasteiger partial charge in [-0.25, -0.2) is 0 Å². The third kappa shape index (κ3) is 3.12. The third-order valence-electron chi connectivity index (χ3n) is 4.26. The van der Waals surface area contributed by atoms with Crippen molar-refractivity contribution in [2.24, 2.45) is 12.5 Å². The van der Waals surface area contributed by atoms with Gasteiger partial charge in [0.05, 0.1) is 6.20 Å². The van der Waals surface area contributed by atoms with Gasteiger partial charge in [-0.1, -0.05) is 19.3 Å². The minimum absolute atomic E-state index is 0.106. The summed E-state index contributed by atoms with van der Waals surface area (Å²) in [5.74, 6) is 0. The van der Waals surface area contributed by atoms with Crippen molar-refractivity contribution < 1.29 is 5.11 Å². The van der Waals surface area contributed by atoms with Crippen LogP contribution in [-0.2, 0) is 7.05 Å². The Morgan fingerprint density at radius 1 is 1.44 bits per heavy atom. The van der Waals surface area contributed by atoms with Crippen molar-refractivity contribution in [3.8, 4) is 0 Å². The maximum absolute atomic E-state index is 9.67. The van der Waals surface area contributed by atoms with Gasteiger partial charge >= 0.3 is 0 Å². The summed E-state index contributed by atoms with van der Waals surface area (Å²) in [5, 5.41) is 17.4. The molecule has 1 unspecified atom stereocenters. The van der Waals surface area contributed by atoms with Crippen LogP contribution in [0.2, 0.25) is 0 Å². The molecule has 1 fully saturated rings. The largest absolute Gasteiger partial charge is 0.396 e. The molecule has 1 atom stereocenters. The number of nitrogens with zero attached hydrogens (tertiary/aromatic N) is 2. The maximum atomic E-state index is 9.67. The fraction of sp³-hybridized carbons (Fsp3) is 0.786. The van der Waals surface area contributed by atoms with Gasteiger partial charge in [0.1, 0.15) is 0 Å². The SMILES string of the molecule is CC(NCC1(CO)CCCCC1)c1cnn(C)c1. The molecule has 1 aromatic rings. The lowest BCUT2D eigenvalue weighted by atomic mass is 9.74. The molecule has 1 heterocycles. The molecule has 1 aromatic heterocycles. The van der Waals surface area contributed by atoms with E-state index in [-0.39, 0.29) is 5.41 Å². The summed E-state index contributed by atoms with van der Waals surface area (Å²) in [5.41, 5.74) is 1.32. The molecular weight excluding hydrogens is 226 g/mol. The number of nitrogens with one attached hydrogen (secondary N) is 1. The molecule has 0 saturated heterocycles. The zero-order valence-corrected chi connectivity index (χ0v) is 11.5. The van der Waals surface area contributed by atoms with Crippen LogP contribution in [0.1, 0.15) is 50.6 Å². The molecule has 18 heavy (non-hydrogen) atoms. The van der Waals surface area contributed by atoms with Gasteiger partial charge < -0.3 is 10.4 Å². The molecule has 0 radical (unpaired) electrons. The molecule has 0 amide bonds. The number of aryl methyl sites for hydroxylation is 1. The third-order valence-corrected chi connectivity index (χ3v) is 4.26. The van der Waals surface area contributed by atoms with Crippen molar-refractivity contribution in [1.82, 2.24) is 15.1 Å². The van der Waals surface area contributed by atoms with Gasteiger partial charge in [0.15, 0.2) is 0 Å². The number of aromatic nitrogens is 2. The predicted octanol–water partition coefficient (Wildman–Crippen LogP) is 2.01. The van der Waals surface area contributed by atoms with Crippen LogP contribution in [0.25, 0.3) is 0 Å². The summed E-state index contributed by atoms with van der Waals surface area (Å²) in [4.78, 5) is 0. The van der Waals surface area contributed by atoms with Crippen LogP contribution < -0.4 is 5.32 Å². The van der Waals surface area contributed by atoms with Crippen LogP contribution in [-0.4, -0.2) is 28.0 Å². The predicted molar refractivity (Wildman–Crippen MR) is 72.2 cm³/mol. The molecule has 0 spiro atoms. The normalized spacial score (nSPS) is 20.8. The maximum Gasteiger partial charge on any atom is 0.0537 e. The Bertz CT molecular complexity index is 369. The molecule has 2 rings (SSSR count). The minimum Gasteiger partial charge on any atom is -0.396 e. The van der Waals surface area contributed by atoms with E-state index in [0.717, 1.165) is 19.4 Å². The lowest BCUT2D eigenvalue weighted by molar-refractivity contribution is 0.0789. The Balaban J connectivity index is 1.89. The number of aliphatic hydroxyl groups excluding tert-OH is 1. The van der Waals surface area contributed by atoms with E-state index in [1.165, 1.54) is 24.8 Å². The van der Waals surface area contributed by atoms with Crippen LogP contribution >= 0.6 is 0 Å². The molecule has 0 aliphatic heterocycles. The first-order valence-corrected chi connectivity index (χ1v) is 6.98.